The predicted molar refractivity (Wildman–Crippen MR) is 58.8 cm³/mol. The zero-order chi connectivity index (χ0) is 13.7. The van der Waals surface area contributed by atoms with E-state index in [0.717, 1.165) is 4.90 Å². The number of methoxy groups -OCH3 is 1. The lowest BCUT2D eigenvalue weighted by atomic mass is 10.2. The molecular formula is C10H16N2O6. The molecular weight excluding hydrogens is 244 g/mol. The van der Waals surface area contributed by atoms with Gasteiger partial charge in [0.05, 0.1) is 19.6 Å². The van der Waals surface area contributed by atoms with Gasteiger partial charge in [0.1, 0.15) is 6.04 Å². The molecule has 102 valence electrons. The summed E-state index contributed by atoms with van der Waals surface area (Å²) in [5.74, 6) is -1.62. The average molecular weight is 260 g/mol. The lowest BCUT2D eigenvalue weighted by Gasteiger charge is -2.21. The summed E-state index contributed by atoms with van der Waals surface area (Å²) < 4.78 is 4.40. The van der Waals surface area contributed by atoms with Crippen LogP contribution in [0.1, 0.15) is 12.8 Å². The van der Waals surface area contributed by atoms with Crippen LogP contribution in [0.25, 0.3) is 0 Å². The van der Waals surface area contributed by atoms with Crippen LogP contribution >= 0.6 is 0 Å². The first-order chi connectivity index (χ1) is 8.45. The van der Waals surface area contributed by atoms with E-state index in [1.807, 2.05) is 0 Å². The van der Waals surface area contributed by atoms with Crippen molar-refractivity contribution >= 4 is 18.0 Å². The number of amides is 2. The highest BCUT2D eigenvalue weighted by molar-refractivity contribution is 5.83. The summed E-state index contributed by atoms with van der Waals surface area (Å²) in [4.78, 5) is 34.4. The van der Waals surface area contributed by atoms with E-state index in [4.69, 9.17) is 5.11 Å². The summed E-state index contributed by atoms with van der Waals surface area (Å²) in [6.45, 7) is 0.0332. The van der Waals surface area contributed by atoms with Gasteiger partial charge in [-0.15, -0.1) is 0 Å². The monoisotopic (exact) mass is 260 g/mol. The predicted octanol–water partition coefficient (Wildman–Crippen LogP) is -1.22. The molecule has 18 heavy (non-hydrogen) atoms. The number of carbonyl (C=O) groups excluding carboxylic acids is 2. The first kappa shape index (κ1) is 14.2. The van der Waals surface area contributed by atoms with Crippen LogP contribution < -0.4 is 5.32 Å². The number of aliphatic carboxylic acids is 1. The van der Waals surface area contributed by atoms with E-state index in [1.165, 1.54) is 7.11 Å². The van der Waals surface area contributed by atoms with Crippen LogP contribution in [0.3, 0.4) is 0 Å². The van der Waals surface area contributed by atoms with E-state index >= 15 is 0 Å². The fourth-order valence-corrected chi connectivity index (χ4v) is 1.75. The Morgan fingerprint density at radius 1 is 1.44 bits per heavy atom. The Morgan fingerprint density at radius 2 is 2.11 bits per heavy atom. The van der Waals surface area contributed by atoms with Crippen molar-refractivity contribution in [3.05, 3.63) is 0 Å². The second kappa shape index (κ2) is 6.20. The molecule has 0 aliphatic carbocycles. The average Bonchev–Trinajstić information content (AvgIpc) is 2.71. The number of hydrogen-bond acceptors (Lipinski definition) is 5. The van der Waals surface area contributed by atoms with Crippen molar-refractivity contribution in [3.63, 3.8) is 0 Å². The molecule has 8 nitrogen and oxygen atoms in total. The summed E-state index contributed by atoms with van der Waals surface area (Å²) in [7, 11) is 1.24. The minimum Gasteiger partial charge on any atom is -0.480 e. The van der Waals surface area contributed by atoms with Crippen LogP contribution in [0.15, 0.2) is 0 Å². The SMILES string of the molecule is COC(=O)CCNC(=O)N1CC(O)C[C@H]1C(=O)O. The zero-order valence-corrected chi connectivity index (χ0v) is 9.96. The smallest absolute Gasteiger partial charge is 0.326 e. The maximum absolute atomic E-state index is 11.7. The van der Waals surface area contributed by atoms with Gasteiger partial charge in [0.25, 0.3) is 0 Å². The number of carboxylic acids is 1. The Balaban J connectivity index is 2.45. The standard InChI is InChI=1S/C10H16N2O6/c1-18-8(14)2-3-11-10(17)12-5-6(13)4-7(12)9(15)16/h6-7,13H,2-5H2,1H3,(H,11,17)(H,15,16)/t6?,7-/m0/s1. The summed E-state index contributed by atoms with van der Waals surface area (Å²) in [6.07, 6.45) is -0.812. The highest BCUT2D eigenvalue weighted by Crippen LogP contribution is 2.17. The molecule has 0 saturated carbocycles. The number of rotatable bonds is 4. The number of carbonyl (C=O) groups is 3. The van der Waals surface area contributed by atoms with Gasteiger partial charge < -0.3 is 25.2 Å². The molecule has 1 rings (SSSR count). The van der Waals surface area contributed by atoms with Crippen LogP contribution in [-0.4, -0.2) is 65.4 Å². The van der Waals surface area contributed by atoms with Crippen molar-refractivity contribution in [2.45, 2.75) is 25.0 Å². The number of aliphatic hydroxyl groups excluding tert-OH is 1. The largest absolute Gasteiger partial charge is 0.480 e. The maximum Gasteiger partial charge on any atom is 0.326 e. The number of aliphatic hydroxyl groups is 1. The summed E-state index contributed by atoms with van der Waals surface area (Å²) in [5.41, 5.74) is 0. The number of ether oxygens (including phenoxy) is 1. The summed E-state index contributed by atoms with van der Waals surface area (Å²) >= 11 is 0. The molecule has 0 spiro atoms. The fourth-order valence-electron chi connectivity index (χ4n) is 1.75. The van der Waals surface area contributed by atoms with E-state index in [1.54, 1.807) is 0 Å². The summed E-state index contributed by atoms with van der Waals surface area (Å²) in [5, 5.41) is 20.7. The third-order valence-electron chi connectivity index (χ3n) is 2.66. The molecule has 0 aromatic rings. The third kappa shape index (κ3) is 3.59. The molecule has 0 aromatic heterocycles. The van der Waals surface area contributed by atoms with E-state index in [0.29, 0.717) is 0 Å². The number of esters is 1. The van der Waals surface area contributed by atoms with Crippen molar-refractivity contribution in [3.8, 4) is 0 Å². The Bertz CT molecular complexity index is 345. The van der Waals surface area contributed by atoms with Crippen LogP contribution in [-0.2, 0) is 14.3 Å². The second-order valence-corrected chi connectivity index (χ2v) is 3.95. The van der Waals surface area contributed by atoms with E-state index in [2.05, 4.69) is 10.1 Å². The van der Waals surface area contributed by atoms with Gasteiger partial charge in [-0.05, 0) is 0 Å². The highest BCUT2D eigenvalue weighted by Gasteiger charge is 2.38. The van der Waals surface area contributed by atoms with E-state index < -0.39 is 30.1 Å². The summed E-state index contributed by atoms with van der Waals surface area (Å²) in [6, 6.07) is -1.64. The number of likely N-dealkylation sites (tertiary alicyclic amines) is 1. The van der Waals surface area contributed by atoms with Crippen LogP contribution in [0.5, 0.6) is 0 Å². The van der Waals surface area contributed by atoms with Gasteiger partial charge in [-0.1, -0.05) is 0 Å². The topological polar surface area (TPSA) is 116 Å². The molecule has 1 fully saturated rings. The normalized spacial score (nSPS) is 22.7. The first-order valence-electron chi connectivity index (χ1n) is 5.48. The van der Waals surface area contributed by atoms with Crippen molar-refractivity contribution < 1.29 is 29.3 Å². The zero-order valence-electron chi connectivity index (χ0n) is 9.96. The molecule has 1 heterocycles. The minimum atomic E-state index is -1.16. The van der Waals surface area contributed by atoms with Crippen molar-refractivity contribution in [1.82, 2.24) is 10.2 Å². The van der Waals surface area contributed by atoms with Gasteiger partial charge >= 0.3 is 18.0 Å². The van der Waals surface area contributed by atoms with Crippen LogP contribution in [0, 0.1) is 0 Å². The molecule has 2 atom stereocenters. The van der Waals surface area contributed by atoms with Crippen molar-refractivity contribution in [2.24, 2.45) is 0 Å². The first-order valence-corrected chi connectivity index (χ1v) is 5.48. The lowest BCUT2D eigenvalue weighted by Crippen LogP contribution is -2.46. The molecule has 1 aliphatic heterocycles. The third-order valence-corrected chi connectivity index (χ3v) is 2.66. The number of β-amino-alcohol motifs (C(OH)–C–C–N with tert-alkyl or cyclic N) is 1. The molecule has 0 aromatic carbocycles. The van der Waals surface area contributed by atoms with E-state index in [9.17, 15) is 19.5 Å². The molecule has 1 aliphatic rings. The lowest BCUT2D eigenvalue weighted by molar-refractivity contribution is -0.142. The number of carboxylic acid groups (broad SMARTS) is 1. The maximum atomic E-state index is 11.7. The Morgan fingerprint density at radius 3 is 2.67 bits per heavy atom. The second-order valence-electron chi connectivity index (χ2n) is 3.95. The van der Waals surface area contributed by atoms with Gasteiger partial charge in [-0.25, -0.2) is 9.59 Å². The number of hydrogen-bond donors (Lipinski definition) is 3. The van der Waals surface area contributed by atoms with E-state index in [-0.39, 0.29) is 25.9 Å². The van der Waals surface area contributed by atoms with Crippen LogP contribution in [0.4, 0.5) is 4.79 Å². The van der Waals surface area contributed by atoms with Crippen LogP contribution in [0.2, 0.25) is 0 Å². The van der Waals surface area contributed by atoms with Crippen molar-refractivity contribution in [1.29, 1.82) is 0 Å². The molecule has 0 radical (unpaired) electrons. The fraction of sp³-hybridized carbons (Fsp3) is 0.700. The van der Waals surface area contributed by atoms with Gasteiger partial charge in [0, 0.05) is 19.5 Å². The van der Waals surface area contributed by atoms with Gasteiger partial charge in [0.2, 0.25) is 0 Å². The molecule has 2 amide bonds. The Labute approximate surface area is 104 Å². The molecule has 8 heteroatoms. The number of urea groups is 1. The molecule has 1 saturated heterocycles. The molecule has 0 bridgehead atoms. The number of nitrogens with zero attached hydrogens (tertiary/aromatic N) is 1. The molecule has 1 unspecified atom stereocenters. The van der Waals surface area contributed by atoms with Gasteiger partial charge in [0.15, 0.2) is 0 Å². The van der Waals surface area contributed by atoms with Crippen molar-refractivity contribution in [2.75, 3.05) is 20.2 Å². The number of nitrogens with one attached hydrogen (secondary N) is 1. The highest BCUT2D eigenvalue weighted by atomic mass is 16.5. The quantitative estimate of drug-likeness (QED) is 0.545. The molecule has 3 N–H and O–H groups in total. The Hall–Kier alpha value is -1.83. The minimum absolute atomic E-state index is 0.0103. The van der Waals surface area contributed by atoms with Gasteiger partial charge in [-0.3, -0.25) is 4.79 Å². The van der Waals surface area contributed by atoms with Gasteiger partial charge in [-0.2, -0.15) is 0 Å². The Kier molecular flexibility index (Phi) is 4.90.